The molecule has 0 aliphatic heterocycles. The summed E-state index contributed by atoms with van der Waals surface area (Å²) in [6, 6.07) is 10.4. The van der Waals surface area contributed by atoms with Crippen molar-refractivity contribution in [3.63, 3.8) is 0 Å². The third-order valence-electron chi connectivity index (χ3n) is 4.39. The van der Waals surface area contributed by atoms with Crippen LogP contribution in [0.15, 0.2) is 53.5 Å². The fraction of sp³-hybridized carbons (Fsp3) is 0.227. The van der Waals surface area contributed by atoms with E-state index < -0.39 is 11.6 Å². The van der Waals surface area contributed by atoms with E-state index in [1.165, 1.54) is 10.6 Å². The molecule has 1 heterocycles. The number of rotatable bonds is 7. The lowest BCUT2D eigenvalue weighted by Crippen LogP contribution is -2.23. The van der Waals surface area contributed by atoms with E-state index >= 15 is 0 Å². The number of aryl methyl sites for hydroxylation is 1. The number of aromatic nitrogens is 1. The molecule has 0 bridgehead atoms. The molecule has 4 nitrogen and oxygen atoms in total. The van der Waals surface area contributed by atoms with Gasteiger partial charge in [-0.1, -0.05) is 6.07 Å². The number of halogens is 2. The Bertz CT molecular complexity index is 1080. The van der Waals surface area contributed by atoms with Crippen LogP contribution in [0.5, 0.6) is 11.5 Å². The summed E-state index contributed by atoms with van der Waals surface area (Å²) in [6.07, 6.45) is 3.64. The van der Waals surface area contributed by atoms with Gasteiger partial charge in [0.05, 0.1) is 6.61 Å². The fourth-order valence-electron chi connectivity index (χ4n) is 3.03. The highest BCUT2D eigenvalue weighted by molar-refractivity contribution is 7.97. The lowest BCUT2D eigenvalue weighted by molar-refractivity contribution is 0.274. The SMILES string of the molecule is CSCc1ccc(Oc2ccc(F)cc2F)c(-c2cc(C)c(=O)n(CCO)c2)c1. The third-order valence-corrected chi connectivity index (χ3v) is 5.01. The van der Waals surface area contributed by atoms with Crippen molar-refractivity contribution in [3.8, 4) is 22.6 Å². The van der Waals surface area contributed by atoms with Gasteiger partial charge in [0.1, 0.15) is 11.6 Å². The summed E-state index contributed by atoms with van der Waals surface area (Å²) >= 11 is 1.66. The molecule has 3 aromatic rings. The predicted molar refractivity (Wildman–Crippen MR) is 112 cm³/mol. The highest BCUT2D eigenvalue weighted by Crippen LogP contribution is 2.36. The van der Waals surface area contributed by atoms with Gasteiger partial charge < -0.3 is 14.4 Å². The van der Waals surface area contributed by atoms with E-state index in [2.05, 4.69) is 0 Å². The molecule has 0 atom stereocenters. The zero-order valence-corrected chi connectivity index (χ0v) is 16.9. The molecule has 1 aromatic heterocycles. The molecule has 29 heavy (non-hydrogen) atoms. The number of aliphatic hydroxyl groups excluding tert-OH is 1. The van der Waals surface area contributed by atoms with Crippen LogP contribution in [0.3, 0.4) is 0 Å². The number of ether oxygens (including phenoxy) is 1. The second-order valence-corrected chi connectivity index (χ2v) is 7.44. The number of hydrogen-bond donors (Lipinski definition) is 1. The Kier molecular flexibility index (Phi) is 6.71. The molecule has 0 amide bonds. The minimum atomic E-state index is -0.800. The van der Waals surface area contributed by atoms with Crippen LogP contribution in [0.1, 0.15) is 11.1 Å². The van der Waals surface area contributed by atoms with Crippen molar-refractivity contribution in [1.82, 2.24) is 4.57 Å². The van der Waals surface area contributed by atoms with Gasteiger partial charge in [-0.3, -0.25) is 4.79 Å². The average molecular weight is 417 g/mol. The van der Waals surface area contributed by atoms with Crippen molar-refractivity contribution < 1.29 is 18.6 Å². The molecule has 1 N–H and O–H groups in total. The van der Waals surface area contributed by atoms with Gasteiger partial charge in [0, 0.05) is 41.3 Å². The molecule has 0 aliphatic carbocycles. The molecule has 2 aromatic carbocycles. The van der Waals surface area contributed by atoms with E-state index in [-0.39, 0.29) is 24.5 Å². The van der Waals surface area contributed by atoms with Crippen molar-refractivity contribution >= 4 is 11.8 Å². The first kappa shape index (κ1) is 21.1. The maximum Gasteiger partial charge on any atom is 0.253 e. The summed E-state index contributed by atoms with van der Waals surface area (Å²) in [4.78, 5) is 12.3. The molecule has 0 aliphatic rings. The average Bonchev–Trinajstić information content (AvgIpc) is 2.69. The second kappa shape index (κ2) is 9.24. The van der Waals surface area contributed by atoms with E-state index in [9.17, 15) is 18.7 Å². The minimum absolute atomic E-state index is 0.0920. The van der Waals surface area contributed by atoms with Crippen LogP contribution in [0.25, 0.3) is 11.1 Å². The molecular formula is C22H21F2NO3S. The summed E-state index contributed by atoms with van der Waals surface area (Å²) in [6.45, 7) is 1.70. The van der Waals surface area contributed by atoms with E-state index in [1.54, 1.807) is 37.0 Å². The van der Waals surface area contributed by atoms with E-state index in [0.717, 1.165) is 23.4 Å². The molecule has 152 valence electrons. The van der Waals surface area contributed by atoms with Crippen LogP contribution < -0.4 is 10.3 Å². The molecule has 3 rings (SSSR count). The number of hydrogen-bond acceptors (Lipinski definition) is 4. The Morgan fingerprint density at radius 1 is 1.10 bits per heavy atom. The van der Waals surface area contributed by atoms with Gasteiger partial charge in [-0.05, 0) is 49.1 Å². The van der Waals surface area contributed by atoms with E-state index in [0.29, 0.717) is 22.4 Å². The number of thioether (sulfide) groups is 1. The summed E-state index contributed by atoms with van der Waals surface area (Å²) in [5, 5.41) is 9.25. The Balaban J connectivity index is 2.13. The maximum absolute atomic E-state index is 14.1. The van der Waals surface area contributed by atoms with Gasteiger partial charge in [0.15, 0.2) is 11.6 Å². The quantitative estimate of drug-likeness (QED) is 0.603. The molecule has 0 saturated carbocycles. The molecular weight excluding hydrogens is 396 g/mol. The Morgan fingerprint density at radius 3 is 2.55 bits per heavy atom. The monoisotopic (exact) mass is 417 g/mol. The van der Waals surface area contributed by atoms with Crippen LogP contribution in [0, 0.1) is 18.6 Å². The van der Waals surface area contributed by atoms with Crippen LogP contribution in [-0.4, -0.2) is 22.5 Å². The lowest BCUT2D eigenvalue weighted by atomic mass is 10.0. The summed E-state index contributed by atoms with van der Waals surface area (Å²) < 4.78 is 34.5. The Labute approximate surface area is 171 Å². The highest BCUT2D eigenvalue weighted by atomic mass is 32.2. The van der Waals surface area contributed by atoms with Crippen molar-refractivity contribution in [1.29, 1.82) is 0 Å². The largest absolute Gasteiger partial charge is 0.454 e. The van der Waals surface area contributed by atoms with Gasteiger partial charge in [0.25, 0.3) is 5.56 Å². The zero-order valence-electron chi connectivity index (χ0n) is 16.1. The Hall–Kier alpha value is -2.64. The summed E-state index contributed by atoms with van der Waals surface area (Å²) in [7, 11) is 0. The van der Waals surface area contributed by atoms with Crippen LogP contribution >= 0.6 is 11.8 Å². The first-order valence-corrected chi connectivity index (χ1v) is 10.4. The number of benzene rings is 2. The molecule has 0 spiro atoms. The summed E-state index contributed by atoms with van der Waals surface area (Å²) in [5.41, 5.74) is 2.75. The normalized spacial score (nSPS) is 10.9. The molecule has 0 saturated heterocycles. The second-order valence-electron chi connectivity index (χ2n) is 6.57. The molecule has 0 unspecified atom stereocenters. The van der Waals surface area contributed by atoms with Gasteiger partial charge in [0.2, 0.25) is 0 Å². The predicted octanol–water partition coefficient (Wildman–Crippen LogP) is 4.75. The van der Waals surface area contributed by atoms with E-state index in [4.69, 9.17) is 4.74 Å². The van der Waals surface area contributed by atoms with Crippen molar-refractivity contribution in [2.45, 2.75) is 19.2 Å². The van der Waals surface area contributed by atoms with Gasteiger partial charge in [-0.15, -0.1) is 0 Å². The Morgan fingerprint density at radius 2 is 1.86 bits per heavy atom. The van der Waals surface area contributed by atoms with Crippen LogP contribution in [-0.2, 0) is 12.3 Å². The summed E-state index contributed by atoms with van der Waals surface area (Å²) in [5.74, 6) is -0.421. The van der Waals surface area contributed by atoms with Crippen LogP contribution in [0.4, 0.5) is 8.78 Å². The molecule has 0 fully saturated rings. The van der Waals surface area contributed by atoms with Gasteiger partial charge >= 0.3 is 0 Å². The first-order valence-electron chi connectivity index (χ1n) is 9.00. The maximum atomic E-state index is 14.1. The van der Waals surface area contributed by atoms with Crippen molar-refractivity contribution in [2.75, 3.05) is 12.9 Å². The fourth-order valence-corrected chi connectivity index (χ4v) is 3.54. The van der Waals surface area contributed by atoms with Gasteiger partial charge in [-0.2, -0.15) is 11.8 Å². The molecule has 7 heteroatoms. The lowest BCUT2D eigenvalue weighted by Gasteiger charge is -2.15. The standard InChI is InChI=1S/C22H21F2NO3S/c1-14-9-16(12-25(7-8-26)22(14)27)18-10-15(13-29-2)3-5-20(18)28-21-6-4-17(23)11-19(21)24/h3-6,9-12,26H,7-8,13H2,1-2H3. The number of pyridine rings is 1. The molecule has 0 radical (unpaired) electrons. The van der Waals surface area contributed by atoms with E-state index in [1.807, 2.05) is 18.4 Å². The first-order chi connectivity index (χ1) is 13.9. The minimum Gasteiger partial charge on any atom is -0.454 e. The smallest absolute Gasteiger partial charge is 0.253 e. The number of aliphatic hydroxyl groups is 1. The topological polar surface area (TPSA) is 51.5 Å². The van der Waals surface area contributed by atoms with Crippen molar-refractivity contribution in [3.05, 3.63) is 81.8 Å². The third kappa shape index (κ3) is 4.86. The highest BCUT2D eigenvalue weighted by Gasteiger charge is 2.14. The number of nitrogens with zero attached hydrogens (tertiary/aromatic N) is 1. The van der Waals surface area contributed by atoms with Crippen LogP contribution in [0.2, 0.25) is 0 Å². The van der Waals surface area contributed by atoms with Crippen molar-refractivity contribution in [2.24, 2.45) is 0 Å². The van der Waals surface area contributed by atoms with Gasteiger partial charge in [-0.25, -0.2) is 8.78 Å². The zero-order chi connectivity index (χ0) is 21.0.